The van der Waals surface area contributed by atoms with Crippen molar-refractivity contribution in [3.63, 3.8) is 0 Å². The molecule has 134 heavy (non-hydrogen) atoms. The Morgan fingerprint density at radius 3 is 0.761 bits per heavy atom. The summed E-state index contributed by atoms with van der Waals surface area (Å²) in [6.07, 6.45) is -7.77. The largest absolute Gasteiger partial charge is 0.311 e. The lowest BCUT2D eigenvalue weighted by Gasteiger charge is -2.46. The number of benzene rings is 13. The lowest BCUT2D eigenvalue weighted by Crippen LogP contribution is -2.61. The summed E-state index contributed by atoms with van der Waals surface area (Å²) in [6, 6.07) is 89.0. The van der Waals surface area contributed by atoms with Gasteiger partial charge < -0.3 is 18.9 Å². The zero-order valence-electron chi connectivity index (χ0n) is 96.9. The van der Waals surface area contributed by atoms with Crippen molar-refractivity contribution in [1.29, 1.82) is 0 Å². The Hall–Kier alpha value is -10.9. The van der Waals surface area contributed by atoms with Crippen LogP contribution in [-0.4, -0.2) is 15.8 Å². The molecule has 0 aliphatic carbocycles. The van der Waals surface area contributed by atoms with Gasteiger partial charge in [-0.3, -0.25) is 0 Å². The van der Waals surface area contributed by atoms with E-state index >= 15 is 0 Å². The molecule has 0 amide bonds. The van der Waals surface area contributed by atoms with Gasteiger partial charge in [0.05, 0.1) is 33.4 Å². The first-order chi connectivity index (χ1) is 66.1. The van der Waals surface area contributed by atoms with Crippen molar-refractivity contribution in [1.82, 2.24) is 9.13 Å². The van der Waals surface area contributed by atoms with Gasteiger partial charge in [0.2, 0.25) is 0 Å². The SMILES string of the molecule is [2H]C([2H])(c1cc2c3c(c1)N(c1cc(-c4cccc(C(C)(C)C)c4)c(CC(C)(C)C)cc1-c1cccc(C(C)(C)C)c1)c1cc(-n4c5ccc(C([2H])([2H])C(C)(C)C)cc5c5cc(C([2H])([2H])C(C)(C)C)ccc54)ccc1B3c1ccc(-n3c4ccc(C([2H])([2H])C(C)(C)C)cc4c4cc(C([2H])([2H])C(C)(C)C)ccc43)cc1N2c1cc(-c2cccc(C(C)(C)C)c2)c(CC(C)(C)C)cc1-c1cccc(C(C)(C)C)c1)C(C)(C)C. The maximum absolute atomic E-state index is 11.3. The molecule has 0 atom stereocenters. The second-order valence-corrected chi connectivity index (χ2v) is 50.8. The Morgan fingerprint density at radius 2 is 0.500 bits per heavy atom. The fourth-order valence-corrected chi connectivity index (χ4v) is 20.6. The summed E-state index contributed by atoms with van der Waals surface area (Å²) in [5.74, 6) is 0. The van der Waals surface area contributed by atoms with Gasteiger partial charge in [0.25, 0.3) is 6.71 Å². The molecule has 0 N–H and O–H groups in total. The third-order valence-electron chi connectivity index (χ3n) is 26.2. The van der Waals surface area contributed by atoms with Crippen LogP contribution in [0.2, 0.25) is 0 Å². The molecule has 0 saturated carbocycles. The average Bonchev–Trinajstić information content (AvgIpc) is 0.740. The quantitative estimate of drug-likeness (QED) is 0.0951. The van der Waals surface area contributed by atoms with Gasteiger partial charge in [-0.1, -0.05) is 362 Å². The Bertz CT molecular complexity index is 7040. The molecule has 15 aromatic rings. The van der Waals surface area contributed by atoms with Crippen molar-refractivity contribution < 1.29 is 13.7 Å². The van der Waals surface area contributed by atoms with Crippen LogP contribution in [0.3, 0.4) is 0 Å². The molecule has 0 fully saturated rings. The van der Waals surface area contributed by atoms with Crippen molar-refractivity contribution in [2.75, 3.05) is 9.80 Å². The summed E-state index contributed by atoms with van der Waals surface area (Å²) in [4.78, 5) is 5.05. The topological polar surface area (TPSA) is 16.3 Å². The first-order valence-corrected chi connectivity index (χ1v) is 49.1. The molecule has 17 rings (SSSR count). The van der Waals surface area contributed by atoms with E-state index < -0.39 is 65.7 Å². The van der Waals surface area contributed by atoms with E-state index in [9.17, 15) is 13.7 Å². The standard InChI is InChI=1S/C129H153BN4/c1-119(2,3)74-81-46-54-108-102(58-81)103-59-82(75-120(4,5)6)47-55-109(103)131(108)96-50-52-106-114(70-96)133(112-72-98(86-38-34-42-92(64-86)126(22,23)24)90(79-124(16,17)18)68-100(112)88-40-36-44-94(66-88)128(28,29)30)116-62-85(78-123(13,14)15)63-117-118(116)130(106)107-53-51-97(132-110-56-48-83(76-121(7,8)9)60-104(110)105-61-84(49-57-111(105)132)77-122(10,11)12)71-115(107)134(117)113-73-99(87-39-35-43-93(65-87)127(25,26)27)91(80-125(19,20)21)69-101(113)89-41-37-45-95(67-89)129(31,32)33/h34-73H,74-80H2,1-33H3/i74D2,75D2,76D2,77D2,78D2. The first kappa shape index (κ1) is 82.6. The van der Waals surface area contributed by atoms with Crippen LogP contribution >= 0.6 is 0 Å². The van der Waals surface area contributed by atoms with E-state index in [2.05, 4.69) is 338 Å². The molecule has 0 spiro atoms. The normalized spacial score (nSPS) is 15.5. The first-order valence-electron chi connectivity index (χ1n) is 54.1. The van der Waals surface area contributed by atoms with Gasteiger partial charge in [-0.2, -0.15) is 0 Å². The number of aromatic nitrogens is 2. The van der Waals surface area contributed by atoms with Crippen LogP contribution in [0.25, 0.3) is 99.5 Å². The zero-order valence-corrected chi connectivity index (χ0v) is 86.9. The average molecular weight is 1780 g/mol. The molecular weight excluding hydrogens is 1620 g/mol. The van der Waals surface area contributed by atoms with Gasteiger partial charge in [0.15, 0.2) is 0 Å². The predicted molar refractivity (Wildman–Crippen MR) is 588 cm³/mol. The molecule has 13 aromatic carbocycles. The highest BCUT2D eigenvalue weighted by molar-refractivity contribution is 7.00. The summed E-state index contributed by atoms with van der Waals surface area (Å²) in [5, 5.41) is 3.16. The van der Waals surface area contributed by atoms with Gasteiger partial charge in [-0.25, -0.2) is 0 Å². The van der Waals surface area contributed by atoms with Crippen molar-refractivity contribution in [2.24, 2.45) is 37.9 Å². The van der Waals surface area contributed by atoms with Crippen molar-refractivity contribution >= 4 is 101 Å². The van der Waals surface area contributed by atoms with E-state index in [-0.39, 0.29) is 32.5 Å². The van der Waals surface area contributed by atoms with Crippen molar-refractivity contribution in [3.05, 3.63) is 304 Å². The van der Waals surface area contributed by atoms with Gasteiger partial charge in [-0.15, -0.1) is 0 Å². The fourth-order valence-electron chi connectivity index (χ4n) is 20.6. The third kappa shape index (κ3) is 19.7. The Morgan fingerprint density at radius 1 is 0.231 bits per heavy atom. The minimum atomic E-state index is -2.06. The molecule has 4 nitrogen and oxygen atoms in total. The van der Waals surface area contributed by atoms with Crippen molar-refractivity contribution in [2.45, 2.75) is 295 Å². The minimum absolute atomic E-state index is 0.200. The maximum atomic E-state index is 11.3. The van der Waals surface area contributed by atoms with Gasteiger partial charge >= 0.3 is 0 Å². The third-order valence-corrected chi connectivity index (χ3v) is 26.2. The van der Waals surface area contributed by atoms with Crippen LogP contribution in [0.4, 0.5) is 34.1 Å². The van der Waals surface area contributed by atoms with Crippen LogP contribution < -0.4 is 26.2 Å². The molecular formula is C129H153BN4. The summed E-state index contributed by atoms with van der Waals surface area (Å²) in [6.45, 7) is 70.2. The highest BCUT2D eigenvalue weighted by atomic mass is 15.2. The summed E-state index contributed by atoms with van der Waals surface area (Å²) in [5.41, 5.74) is 25.2. The summed E-state index contributed by atoms with van der Waals surface area (Å²) >= 11 is 0. The Balaban J connectivity index is 1.11. The second kappa shape index (κ2) is 33.5. The monoisotopic (exact) mass is 1780 g/mol. The number of hydrogen-bond acceptors (Lipinski definition) is 2. The van der Waals surface area contributed by atoms with Crippen LogP contribution in [0.5, 0.6) is 0 Å². The van der Waals surface area contributed by atoms with Gasteiger partial charge in [0, 0.05) is 80.5 Å². The summed E-state index contributed by atoms with van der Waals surface area (Å²) in [7, 11) is 0. The van der Waals surface area contributed by atoms with E-state index in [1.807, 2.05) is 152 Å². The Labute approximate surface area is 821 Å². The molecule has 5 heteroatoms. The molecule has 2 aromatic heterocycles. The predicted octanol–water partition coefficient (Wildman–Crippen LogP) is 34.9. The van der Waals surface area contributed by atoms with Crippen LogP contribution in [-0.2, 0) is 66.4 Å². The van der Waals surface area contributed by atoms with Crippen molar-refractivity contribution in [3.8, 4) is 55.9 Å². The van der Waals surface area contributed by atoms with Crippen LogP contribution in [0, 0.1) is 37.9 Å². The number of nitrogens with zero attached hydrogens (tertiary/aromatic N) is 4. The van der Waals surface area contributed by atoms with E-state index in [1.54, 1.807) is 0 Å². The summed E-state index contributed by atoms with van der Waals surface area (Å²) < 4.78 is 107. The van der Waals surface area contributed by atoms with E-state index in [0.29, 0.717) is 27.8 Å². The molecule has 4 heterocycles. The minimum Gasteiger partial charge on any atom is -0.311 e. The molecule has 2 aliphatic rings. The lowest BCUT2D eigenvalue weighted by molar-refractivity contribution is 0.411. The maximum Gasteiger partial charge on any atom is 0.252 e. The smallest absolute Gasteiger partial charge is 0.252 e. The fraction of sp³-hybridized carbons (Fsp3) is 0.395. The Kier molecular flexibility index (Phi) is 20.7. The number of hydrogen-bond donors (Lipinski definition) is 0. The highest BCUT2D eigenvalue weighted by Crippen LogP contribution is 2.55. The molecule has 2 aliphatic heterocycles. The van der Waals surface area contributed by atoms with Crippen LogP contribution in [0.1, 0.15) is 303 Å². The molecule has 692 valence electrons. The highest BCUT2D eigenvalue weighted by Gasteiger charge is 2.46. The number of anilines is 6. The number of rotatable bonds is 15. The van der Waals surface area contributed by atoms with E-state index in [0.717, 1.165) is 163 Å². The lowest BCUT2D eigenvalue weighted by atomic mass is 9.33. The molecule has 0 radical (unpaired) electrons. The van der Waals surface area contributed by atoms with E-state index in [1.165, 1.54) is 33.4 Å². The number of fused-ring (bicyclic) bond motifs is 10. The van der Waals surface area contributed by atoms with Crippen LogP contribution in [0.15, 0.2) is 243 Å². The molecule has 0 saturated heterocycles. The molecule has 0 bridgehead atoms. The van der Waals surface area contributed by atoms with Gasteiger partial charge in [0.1, 0.15) is 0 Å². The van der Waals surface area contributed by atoms with E-state index in [4.69, 9.17) is 0 Å². The second-order valence-electron chi connectivity index (χ2n) is 50.8. The zero-order chi connectivity index (χ0) is 106. The van der Waals surface area contributed by atoms with Gasteiger partial charge in [-0.05, 0) is 324 Å². The molecule has 0 unspecified atom stereocenters.